The zero-order valence-corrected chi connectivity index (χ0v) is 11.0. The minimum absolute atomic E-state index is 0.635. The van der Waals surface area contributed by atoms with Crippen LogP contribution in [0.3, 0.4) is 0 Å². The van der Waals surface area contributed by atoms with Crippen LogP contribution in [0.5, 0.6) is 5.75 Å². The quantitative estimate of drug-likeness (QED) is 0.797. The maximum absolute atomic E-state index is 5.19. The van der Waals surface area contributed by atoms with Crippen molar-refractivity contribution in [2.45, 2.75) is 19.9 Å². The van der Waals surface area contributed by atoms with Crippen LogP contribution in [-0.2, 0) is 0 Å². The maximum atomic E-state index is 5.19. The smallest absolute Gasteiger partial charge is 0.119 e. The van der Waals surface area contributed by atoms with Gasteiger partial charge < -0.3 is 9.64 Å². The van der Waals surface area contributed by atoms with E-state index in [-0.39, 0.29) is 0 Å². The predicted molar refractivity (Wildman–Crippen MR) is 71.9 cm³/mol. The number of hydrogen-bond acceptors (Lipinski definition) is 3. The number of piperazine rings is 1. The lowest BCUT2D eigenvalue weighted by Crippen LogP contribution is -2.51. The Hall–Kier alpha value is -1.22. The standard InChI is InChI=1S/C14H22N2O/c1-4-15-9-10-16(11-12(15)2)13-5-7-14(17-3)8-6-13/h5-8,12H,4,9-11H2,1-3H3. The Morgan fingerprint density at radius 2 is 1.94 bits per heavy atom. The Morgan fingerprint density at radius 1 is 1.24 bits per heavy atom. The van der Waals surface area contributed by atoms with Crippen molar-refractivity contribution in [3.63, 3.8) is 0 Å². The van der Waals surface area contributed by atoms with E-state index in [4.69, 9.17) is 4.74 Å². The summed E-state index contributed by atoms with van der Waals surface area (Å²) in [5.74, 6) is 0.925. The number of methoxy groups -OCH3 is 1. The molecule has 1 aliphatic heterocycles. The van der Waals surface area contributed by atoms with E-state index in [1.165, 1.54) is 5.69 Å². The predicted octanol–water partition coefficient (Wildman–Crippen LogP) is 2.23. The van der Waals surface area contributed by atoms with Crippen molar-refractivity contribution >= 4 is 5.69 Å². The van der Waals surface area contributed by atoms with Crippen molar-refractivity contribution in [2.24, 2.45) is 0 Å². The molecule has 0 spiro atoms. The molecule has 1 unspecified atom stereocenters. The Kier molecular flexibility index (Phi) is 3.89. The van der Waals surface area contributed by atoms with Crippen molar-refractivity contribution in [3.8, 4) is 5.75 Å². The lowest BCUT2D eigenvalue weighted by molar-refractivity contribution is 0.199. The molecule has 0 bridgehead atoms. The van der Waals surface area contributed by atoms with Crippen LogP contribution in [0.25, 0.3) is 0 Å². The van der Waals surface area contributed by atoms with Gasteiger partial charge in [0.1, 0.15) is 5.75 Å². The molecule has 1 aliphatic rings. The molecule has 0 amide bonds. The summed E-state index contributed by atoms with van der Waals surface area (Å²) in [6, 6.07) is 8.99. The van der Waals surface area contributed by atoms with E-state index in [1.807, 2.05) is 12.1 Å². The van der Waals surface area contributed by atoms with Crippen molar-refractivity contribution in [1.82, 2.24) is 4.90 Å². The summed E-state index contributed by atoms with van der Waals surface area (Å²) in [7, 11) is 1.71. The van der Waals surface area contributed by atoms with Crippen molar-refractivity contribution in [2.75, 3.05) is 38.2 Å². The first-order valence-corrected chi connectivity index (χ1v) is 6.37. The molecule has 1 aromatic rings. The molecule has 0 saturated carbocycles. The third-order valence-electron chi connectivity index (χ3n) is 3.61. The van der Waals surface area contributed by atoms with E-state index >= 15 is 0 Å². The fourth-order valence-corrected chi connectivity index (χ4v) is 2.49. The third-order valence-corrected chi connectivity index (χ3v) is 3.61. The molecule has 2 rings (SSSR count). The fourth-order valence-electron chi connectivity index (χ4n) is 2.49. The van der Waals surface area contributed by atoms with Gasteiger partial charge in [-0.1, -0.05) is 6.92 Å². The average Bonchev–Trinajstić information content (AvgIpc) is 2.39. The van der Waals surface area contributed by atoms with Crippen molar-refractivity contribution in [3.05, 3.63) is 24.3 Å². The van der Waals surface area contributed by atoms with Crippen LogP contribution in [0.1, 0.15) is 13.8 Å². The van der Waals surface area contributed by atoms with E-state index in [0.29, 0.717) is 6.04 Å². The molecule has 0 N–H and O–H groups in total. The summed E-state index contributed by atoms with van der Waals surface area (Å²) in [4.78, 5) is 4.98. The highest BCUT2D eigenvalue weighted by Gasteiger charge is 2.22. The molecule has 1 heterocycles. The first kappa shape index (κ1) is 12.2. The molecule has 1 atom stereocenters. The number of hydrogen-bond donors (Lipinski definition) is 0. The first-order valence-electron chi connectivity index (χ1n) is 6.37. The van der Waals surface area contributed by atoms with Gasteiger partial charge in [-0.2, -0.15) is 0 Å². The number of rotatable bonds is 3. The minimum Gasteiger partial charge on any atom is -0.497 e. The Balaban J connectivity index is 2.03. The number of anilines is 1. The molecule has 1 aromatic carbocycles. The van der Waals surface area contributed by atoms with Gasteiger partial charge in [-0.25, -0.2) is 0 Å². The minimum atomic E-state index is 0.635. The molecule has 17 heavy (non-hydrogen) atoms. The number of ether oxygens (including phenoxy) is 1. The summed E-state index contributed by atoms with van der Waals surface area (Å²) in [6.07, 6.45) is 0. The molecule has 1 fully saturated rings. The largest absolute Gasteiger partial charge is 0.497 e. The van der Waals surface area contributed by atoms with Gasteiger partial charge in [-0.15, -0.1) is 0 Å². The molecule has 3 heteroatoms. The van der Waals surface area contributed by atoms with Crippen LogP contribution in [0.15, 0.2) is 24.3 Å². The van der Waals surface area contributed by atoms with E-state index in [2.05, 4.69) is 35.8 Å². The van der Waals surface area contributed by atoms with Crippen LogP contribution in [0, 0.1) is 0 Å². The van der Waals surface area contributed by atoms with Crippen molar-refractivity contribution < 1.29 is 4.74 Å². The van der Waals surface area contributed by atoms with Gasteiger partial charge in [0.15, 0.2) is 0 Å². The number of nitrogens with zero attached hydrogens (tertiary/aromatic N) is 2. The summed E-state index contributed by atoms with van der Waals surface area (Å²) in [5.41, 5.74) is 1.30. The highest BCUT2D eigenvalue weighted by molar-refractivity contribution is 5.49. The van der Waals surface area contributed by atoms with Gasteiger partial charge in [-0.3, -0.25) is 4.90 Å². The maximum Gasteiger partial charge on any atom is 0.119 e. The normalized spacial score (nSPS) is 21.6. The number of likely N-dealkylation sites (N-methyl/N-ethyl adjacent to an activating group) is 1. The number of benzene rings is 1. The van der Waals surface area contributed by atoms with Gasteiger partial charge in [0.25, 0.3) is 0 Å². The Labute approximate surface area is 104 Å². The Morgan fingerprint density at radius 3 is 2.47 bits per heavy atom. The highest BCUT2D eigenvalue weighted by Crippen LogP contribution is 2.21. The van der Waals surface area contributed by atoms with Gasteiger partial charge in [-0.05, 0) is 37.7 Å². The van der Waals surface area contributed by atoms with E-state index in [9.17, 15) is 0 Å². The lowest BCUT2D eigenvalue weighted by Gasteiger charge is -2.40. The van der Waals surface area contributed by atoms with Crippen molar-refractivity contribution in [1.29, 1.82) is 0 Å². The van der Waals surface area contributed by atoms with Gasteiger partial charge in [0.05, 0.1) is 7.11 Å². The van der Waals surface area contributed by atoms with Gasteiger partial charge in [0.2, 0.25) is 0 Å². The third kappa shape index (κ3) is 2.72. The molecule has 0 radical (unpaired) electrons. The molecular weight excluding hydrogens is 212 g/mol. The second-order valence-electron chi connectivity index (χ2n) is 4.62. The molecule has 1 saturated heterocycles. The summed E-state index contributed by atoms with van der Waals surface area (Å²) in [6.45, 7) is 9.07. The Bertz CT molecular complexity index is 350. The van der Waals surface area contributed by atoms with Crippen LogP contribution in [-0.4, -0.2) is 44.2 Å². The van der Waals surface area contributed by atoms with Crippen LogP contribution < -0.4 is 9.64 Å². The van der Waals surface area contributed by atoms with Gasteiger partial charge in [0, 0.05) is 31.4 Å². The fraction of sp³-hybridized carbons (Fsp3) is 0.571. The zero-order chi connectivity index (χ0) is 12.3. The second kappa shape index (κ2) is 5.41. The average molecular weight is 234 g/mol. The summed E-state index contributed by atoms with van der Waals surface area (Å²) < 4.78 is 5.19. The monoisotopic (exact) mass is 234 g/mol. The molecule has 0 aromatic heterocycles. The van der Waals surface area contributed by atoms with E-state index in [1.54, 1.807) is 7.11 Å². The van der Waals surface area contributed by atoms with E-state index in [0.717, 1.165) is 31.9 Å². The highest BCUT2D eigenvalue weighted by atomic mass is 16.5. The first-order chi connectivity index (χ1) is 8.24. The van der Waals surface area contributed by atoms with Crippen LogP contribution in [0.4, 0.5) is 5.69 Å². The lowest BCUT2D eigenvalue weighted by atomic mass is 10.1. The zero-order valence-electron chi connectivity index (χ0n) is 11.0. The SMILES string of the molecule is CCN1CCN(c2ccc(OC)cc2)CC1C. The van der Waals surface area contributed by atoms with Crippen LogP contribution >= 0.6 is 0 Å². The summed E-state index contributed by atoms with van der Waals surface area (Å²) >= 11 is 0. The summed E-state index contributed by atoms with van der Waals surface area (Å²) in [5, 5.41) is 0. The second-order valence-corrected chi connectivity index (χ2v) is 4.62. The molecular formula is C14H22N2O. The molecule has 3 nitrogen and oxygen atoms in total. The van der Waals surface area contributed by atoms with Crippen LogP contribution in [0.2, 0.25) is 0 Å². The van der Waals surface area contributed by atoms with E-state index < -0.39 is 0 Å². The van der Waals surface area contributed by atoms with Gasteiger partial charge >= 0.3 is 0 Å². The molecule has 94 valence electrons. The molecule has 0 aliphatic carbocycles. The topological polar surface area (TPSA) is 15.7 Å².